The molecule has 2 aromatic rings. The van der Waals surface area contributed by atoms with Gasteiger partial charge >= 0.3 is 0 Å². The summed E-state index contributed by atoms with van der Waals surface area (Å²) in [6.07, 6.45) is 1.10. The van der Waals surface area contributed by atoms with Crippen molar-refractivity contribution in [1.82, 2.24) is 5.32 Å². The van der Waals surface area contributed by atoms with Gasteiger partial charge in [-0.1, -0.05) is 44.2 Å². The van der Waals surface area contributed by atoms with Crippen LogP contribution in [0.3, 0.4) is 0 Å². The van der Waals surface area contributed by atoms with Gasteiger partial charge in [-0.2, -0.15) is 0 Å². The van der Waals surface area contributed by atoms with Crippen LogP contribution in [0.25, 0.3) is 0 Å². The third-order valence-electron chi connectivity index (χ3n) is 4.16. The van der Waals surface area contributed by atoms with E-state index in [1.807, 2.05) is 20.8 Å². The maximum absolute atomic E-state index is 12.3. The van der Waals surface area contributed by atoms with Crippen LogP contribution in [0.2, 0.25) is 0 Å². The molecule has 1 heterocycles. The van der Waals surface area contributed by atoms with Crippen LogP contribution in [0.4, 0.5) is 0 Å². The van der Waals surface area contributed by atoms with Crippen molar-refractivity contribution in [2.45, 2.75) is 59.2 Å². The Hall–Kier alpha value is -1.65. The smallest absolute Gasteiger partial charge is 0.278 e. The Kier molecular flexibility index (Phi) is 7.21. The number of carbonyl (C=O) groups excluding carboxylic acids is 1. The number of rotatable bonds is 8. The van der Waals surface area contributed by atoms with E-state index < -0.39 is 0 Å². The molecule has 25 heavy (non-hydrogen) atoms. The van der Waals surface area contributed by atoms with Crippen LogP contribution >= 0.6 is 11.3 Å². The first kappa shape index (κ1) is 19.7. The highest BCUT2D eigenvalue weighted by Gasteiger charge is 2.25. The zero-order valence-electron chi connectivity index (χ0n) is 16.0. The van der Waals surface area contributed by atoms with E-state index >= 15 is 0 Å². The Morgan fingerprint density at radius 2 is 1.76 bits per heavy atom. The van der Waals surface area contributed by atoms with E-state index in [0.717, 1.165) is 6.42 Å². The average molecular weight is 360 g/mol. The molecule has 0 saturated heterocycles. The van der Waals surface area contributed by atoms with Gasteiger partial charge in [0.05, 0.1) is 4.88 Å². The third kappa shape index (κ3) is 5.98. The molecule has 0 radical (unpaired) electrons. The fourth-order valence-electron chi connectivity index (χ4n) is 2.96. The van der Waals surface area contributed by atoms with Crippen molar-refractivity contribution in [2.24, 2.45) is 5.92 Å². The minimum atomic E-state index is -0.134. The molecule has 0 saturated carbocycles. The number of amides is 1. The van der Waals surface area contributed by atoms with Gasteiger partial charge in [-0.3, -0.25) is 4.79 Å². The Morgan fingerprint density at radius 3 is 2.28 bits per heavy atom. The largest absolute Gasteiger partial charge is 0.349 e. The average Bonchev–Trinajstić information content (AvgIpc) is 3.06. The molecule has 1 aromatic carbocycles. The molecule has 0 spiro atoms. The number of hydrogen-bond acceptors (Lipinski definition) is 2. The van der Waals surface area contributed by atoms with Gasteiger partial charge in [-0.15, -0.1) is 11.3 Å². The van der Waals surface area contributed by atoms with Crippen LogP contribution < -0.4 is 10.6 Å². The summed E-state index contributed by atoms with van der Waals surface area (Å²) in [5, 5.41) is 7.28. The molecule has 136 valence electrons. The van der Waals surface area contributed by atoms with Crippen molar-refractivity contribution in [2.75, 3.05) is 0 Å². The zero-order chi connectivity index (χ0) is 18.4. The summed E-state index contributed by atoms with van der Waals surface area (Å²) in [6.45, 7) is 10.4. The maximum atomic E-state index is 12.3. The fourth-order valence-corrected chi connectivity index (χ4v) is 3.80. The Labute approximate surface area is 155 Å². The summed E-state index contributed by atoms with van der Waals surface area (Å²) in [4.78, 5) is 13.6. The lowest BCUT2D eigenvalue weighted by Gasteiger charge is -2.20. The second-order valence-electron chi connectivity index (χ2n) is 7.48. The molecular formula is C21H31N2OS+. The highest BCUT2D eigenvalue weighted by Crippen LogP contribution is 2.23. The van der Waals surface area contributed by atoms with Gasteiger partial charge in [-0.05, 0) is 50.1 Å². The Bertz CT molecular complexity index is 647. The van der Waals surface area contributed by atoms with Crippen molar-refractivity contribution < 1.29 is 10.1 Å². The molecule has 0 unspecified atom stereocenters. The first-order valence-electron chi connectivity index (χ1n) is 9.14. The lowest BCUT2D eigenvalue weighted by atomic mass is 9.98. The van der Waals surface area contributed by atoms with Crippen molar-refractivity contribution in [3.8, 4) is 0 Å². The number of nitrogens with two attached hydrogens (primary N) is 1. The Balaban J connectivity index is 2.18. The van der Waals surface area contributed by atoms with Crippen molar-refractivity contribution in [3.05, 3.63) is 57.8 Å². The van der Waals surface area contributed by atoms with Gasteiger partial charge in [0.25, 0.3) is 5.91 Å². The summed E-state index contributed by atoms with van der Waals surface area (Å²) in [5.74, 6) is 0.748. The van der Waals surface area contributed by atoms with E-state index in [1.54, 1.807) is 11.3 Å². The number of benzene rings is 1. The normalized spacial score (nSPS) is 13.9. The number of quaternary nitrogens is 1. The summed E-state index contributed by atoms with van der Waals surface area (Å²) < 4.78 is 0. The lowest BCUT2D eigenvalue weighted by Crippen LogP contribution is -2.92. The van der Waals surface area contributed by atoms with Gasteiger partial charge in [0.15, 0.2) is 6.04 Å². The predicted molar refractivity (Wildman–Crippen MR) is 106 cm³/mol. The van der Waals surface area contributed by atoms with Gasteiger partial charge in [0.1, 0.15) is 6.04 Å². The molecule has 0 aliphatic carbocycles. The first-order chi connectivity index (χ1) is 11.9. The highest BCUT2D eigenvalue weighted by atomic mass is 32.1. The quantitative estimate of drug-likeness (QED) is 0.744. The van der Waals surface area contributed by atoms with Gasteiger partial charge in [0.2, 0.25) is 0 Å². The SMILES string of the molecule is CC(C)Cc1ccc([C@@H]([NH2+][C@@H](C)C(=O)NC(C)C)c2cccs2)cc1. The van der Waals surface area contributed by atoms with Crippen LogP contribution in [0.1, 0.15) is 56.7 Å². The molecule has 0 aliphatic heterocycles. The van der Waals surface area contributed by atoms with E-state index in [9.17, 15) is 4.79 Å². The lowest BCUT2D eigenvalue weighted by molar-refractivity contribution is -0.704. The van der Waals surface area contributed by atoms with Crippen molar-refractivity contribution >= 4 is 17.2 Å². The summed E-state index contributed by atoms with van der Waals surface area (Å²) in [6, 6.07) is 13.3. The van der Waals surface area contributed by atoms with Gasteiger partial charge in [-0.25, -0.2) is 0 Å². The van der Waals surface area contributed by atoms with Crippen LogP contribution in [0.5, 0.6) is 0 Å². The number of hydrogen-bond donors (Lipinski definition) is 2. The van der Waals surface area contributed by atoms with Crippen LogP contribution in [0, 0.1) is 5.92 Å². The van der Waals surface area contributed by atoms with E-state index in [4.69, 9.17) is 0 Å². The van der Waals surface area contributed by atoms with Gasteiger partial charge < -0.3 is 10.6 Å². The third-order valence-corrected chi connectivity index (χ3v) is 5.11. The molecule has 0 bridgehead atoms. The van der Waals surface area contributed by atoms with Crippen LogP contribution in [-0.4, -0.2) is 18.0 Å². The van der Waals surface area contributed by atoms with E-state index in [-0.39, 0.29) is 24.0 Å². The van der Waals surface area contributed by atoms with Crippen LogP contribution in [0.15, 0.2) is 41.8 Å². The van der Waals surface area contributed by atoms with Gasteiger partial charge in [0, 0.05) is 11.6 Å². The minimum absolute atomic E-state index is 0.0907. The standard InChI is InChI=1S/C21H30N2OS/c1-14(2)13-17-8-10-18(11-9-17)20(19-7-6-12-25-19)23-16(5)21(24)22-15(3)4/h6-12,14-16,20,23H,13H2,1-5H3,(H,22,24)/p+1/t16-,20+/m0/s1. The number of carbonyl (C=O) groups is 1. The zero-order valence-corrected chi connectivity index (χ0v) is 16.8. The van der Waals surface area contributed by atoms with Crippen LogP contribution in [-0.2, 0) is 11.2 Å². The molecule has 3 nitrogen and oxygen atoms in total. The second kappa shape index (κ2) is 9.16. The summed E-state index contributed by atoms with van der Waals surface area (Å²) >= 11 is 1.75. The molecule has 1 amide bonds. The second-order valence-corrected chi connectivity index (χ2v) is 8.46. The summed E-state index contributed by atoms with van der Waals surface area (Å²) in [5.41, 5.74) is 2.62. The molecule has 0 fully saturated rings. The number of thiophene rings is 1. The molecule has 2 rings (SSSR count). The monoisotopic (exact) mass is 359 g/mol. The molecule has 0 aliphatic rings. The topological polar surface area (TPSA) is 45.7 Å². The predicted octanol–water partition coefficient (Wildman–Crippen LogP) is 3.51. The molecule has 3 N–H and O–H groups in total. The minimum Gasteiger partial charge on any atom is -0.349 e. The molecule has 4 heteroatoms. The maximum Gasteiger partial charge on any atom is 0.278 e. The fraction of sp³-hybridized carbons (Fsp3) is 0.476. The first-order valence-corrected chi connectivity index (χ1v) is 10.0. The van der Waals surface area contributed by atoms with Crippen molar-refractivity contribution in [3.63, 3.8) is 0 Å². The van der Waals surface area contributed by atoms with E-state index in [0.29, 0.717) is 5.92 Å². The molecular weight excluding hydrogens is 328 g/mol. The van der Waals surface area contributed by atoms with E-state index in [1.165, 1.54) is 16.0 Å². The molecule has 2 atom stereocenters. The number of nitrogens with one attached hydrogen (secondary N) is 1. The van der Waals surface area contributed by atoms with E-state index in [2.05, 4.69) is 66.3 Å². The highest BCUT2D eigenvalue weighted by molar-refractivity contribution is 7.10. The Morgan fingerprint density at radius 1 is 1.08 bits per heavy atom. The van der Waals surface area contributed by atoms with Crippen molar-refractivity contribution in [1.29, 1.82) is 0 Å². The molecule has 1 aromatic heterocycles. The summed E-state index contributed by atoms with van der Waals surface area (Å²) in [7, 11) is 0.